The molecule has 0 radical (unpaired) electrons. The molecule has 1 fully saturated rings. The molecule has 3 aromatic rings. The number of ether oxygens (including phenoxy) is 1. The summed E-state index contributed by atoms with van der Waals surface area (Å²) in [5, 5.41) is 13.6. The molecule has 0 aliphatic heterocycles. The first-order valence-electron chi connectivity index (χ1n) is 9.44. The fourth-order valence-electron chi connectivity index (χ4n) is 2.81. The van der Waals surface area contributed by atoms with E-state index in [2.05, 4.69) is 20.8 Å². The van der Waals surface area contributed by atoms with Crippen LogP contribution in [0.15, 0.2) is 60.9 Å². The molecule has 0 spiro atoms. The van der Waals surface area contributed by atoms with E-state index in [-0.39, 0.29) is 30.9 Å². The Morgan fingerprint density at radius 3 is 2.72 bits per heavy atom. The van der Waals surface area contributed by atoms with E-state index in [9.17, 15) is 9.59 Å². The molecule has 29 heavy (non-hydrogen) atoms. The SMILES string of the molecule is O=C(COc1cccc(NC(=O)C2CC2)c1)NCc1nncn1-c1ccccc1. The Bertz CT molecular complexity index is 998. The van der Waals surface area contributed by atoms with Gasteiger partial charge in [-0.3, -0.25) is 14.2 Å². The van der Waals surface area contributed by atoms with Gasteiger partial charge in [0.25, 0.3) is 5.91 Å². The van der Waals surface area contributed by atoms with Crippen LogP contribution in [0, 0.1) is 5.92 Å². The molecule has 2 N–H and O–H groups in total. The van der Waals surface area contributed by atoms with E-state index in [4.69, 9.17) is 4.74 Å². The van der Waals surface area contributed by atoms with Gasteiger partial charge >= 0.3 is 0 Å². The quantitative estimate of drug-likeness (QED) is 0.614. The van der Waals surface area contributed by atoms with Gasteiger partial charge in [-0.1, -0.05) is 24.3 Å². The van der Waals surface area contributed by atoms with E-state index >= 15 is 0 Å². The molecule has 1 aliphatic carbocycles. The number of carbonyl (C=O) groups excluding carboxylic acids is 2. The number of nitrogens with zero attached hydrogens (tertiary/aromatic N) is 3. The first-order valence-corrected chi connectivity index (χ1v) is 9.44. The Labute approximate surface area is 167 Å². The van der Waals surface area contributed by atoms with Crippen molar-refractivity contribution in [2.24, 2.45) is 5.92 Å². The van der Waals surface area contributed by atoms with Crippen LogP contribution in [-0.2, 0) is 16.1 Å². The van der Waals surface area contributed by atoms with Gasteiger partial charge in [0.1, 0.15) is 12.1 Å². The van der Waals surface area contributed by atoms with Crippen LogP contribution in [0.4, 0.5) is 5.69 Å². The van der Waals surface area contributed by atoms with Crippen molar-refractivity contribution in [3.8, 4) is 11.4 Å². The summed E-state index contributed by atoms with van der Waals surface area (Å²) >= 11 is 0. The molecule has 1 saturated carbocycles. The van der Waals surface area contributed by atoms with Gasteiger partial charge in [0.05, 0.1) is 6.54 Å². The lowest BCUT2D eigenvalue weighted by atomic mass is 10.3. The highest BCUT2D eigenvalue weighted by atomic mass is 16.5. The van der Waals surface area contributed by atoms with E-state index in [0.717, 1.165) is 18.5 Å². The number of hydrogen-bond donors (Lipinski definition) is 2. The summed E-state index contributed by atoms with van der Waals surface area (Å²) in [7, 11) is 0. The maximum Gasteiger partial charge on any atom is 0.258 e. The predicted molar refractivity (Wildman–Crippen MR) is 106 cm³/mol. The number of carbonyl (C=O) groups is 2. The van der Waals surface area contributed by atoms with Gasteiger partial charge in [0.15, 0.2) is 12.4 Å². The fourth-order valence-corrected chi connectivity index (χ4v) is 2.81. The number of aromatic nitrogens is 3. The highest BCUT2D eigenvalue weighted by molar-refractivity contribution is 5.94. The van der Waals surface area contributed by atoms with Crippen molar-refractivity contribution < 1.29 is 14.3 Å². The fraction of sp³-hybridized carbons (Fsp3) is 0.238. The molecule has 4 rings (SSSR count). The summed E-state index contributed by atoms with van der Waals surface area (Å²) in [6.07, 6.45) is 3.50. The van der Waals surface area contributed by atoms with Crippen molar-refractivity contribution in [2.45, 2.75) is 19.4 Å². The predicted octanol–water partition coefficient (Wildman–Crippen LogP) is 2.31. The van der Waals surface area contributed by atoms with Crippen LogP contribution in [-0.4, -0.2) is 33.2 Å². The normalized spacial score (nSPS) is 13.0. The van der Waals surface area contributed by atoms with Gasteiger partial charge in [0.2, 0.25) is 5.91 Å². The van der Waals surface area contributed by atoms with Gasteiger partial charge in [-0.2, -0.15) is 0 Å². The summed E-state index contributed by atoms with van der Waals surface area (Å²) in [6, 6.07) is 16.7. The number of anilines is 1. The summed E-state index contributed by atoms with van der Waals surface area (Å²) in [5.41, 5.74) is 1.58. The second-order valence-electron chi connectivity index (χ2n) is 6.81. The molecule has 0 bridgehead atoms. The van der Waals surface area contributed by atoms with Crippen molar-refractivity contribution in [3.05, 3.63) is 66.7 Å². The number of nitrogens with one attached hydrogen (secondary N) is 2. The van der Waals surface area contributed by atoms with Crippen molar-refractivity contribution >= 4 is 17.5 Å². The molecule has 0 unspecified atom stereocenters. The molecular weight excluding hydrogens is 370 g/mol. The summed E-state index contributed by atoms with van der Waals surface area (Å²) in [5.74, 6) is 1.02. The minimum Gasteiger partial charge on any atom is -0.484 e. The lowest BCUT2D eigenvalue weighted by Crippen LogP contribution is -2.29. The van der Waals surface area contributed by atoms with Crippen LogP contribution in [0.3, 0.4) is 0 Å². The van der Waals surface area contributed by atoms with E-state index in [1.54, 1.807) is 30.6 Å². The molecule has 2 amide bonds. The zero-order valence-corrected chi connectivity index (χ0v) is 15.7. The largest absolute Gasteiger partial charge is 0.484 e. The third kappa shape index (κ3) is 4.98. The molecule has 1 aromatic heterocycles. The molecule has 0 atom stereocenters. The minimum absolute atomic E-state index is 0.0300. The third-order valence-corrected chi connectivity index (χ3v) is 4.52. The van der Waals surface area contributed by atoms with Crippen molar-refractivity contribution in [1.82, 2.24) is 20.1 Å². The van der Waals surface area contributed by atoms with Gasteiger partial charge in [0, 0.05) is 23.4 Å². The molecule has 0 saturated heterocycles. The Hall–Kier alpha value is -3.68. The average Bonchev–Trinajstić information content (AvgIpc) is 3.50. The molecule has 8 heteroatoms. The average molecular weight is 391 g/mol. The maximum atomic E-state index is 12.2. The Balaban J connectivity index is 1.28. The molecule has 8 nitrogen and oxygen atoms in total. The van der Waals surface area contributed by atoms with Crippen LogP contribution < -0.4 is 15.4 Å². The first kappa shape index (κ1) is 18.7. The van der Waals surface area contributed by atoms with E-state index in [1.807, 2.05) is 34.9 Å². The number of benzene rings is 2. The van der Waals surface area contributed by atoms with E-state index in [0.29, 0.717) is 17.3 Å². The second kappa shape index (κ2) is 8.55. The van der Waals surface area contributed by atoms with Crippen molar-refractivity contribution in [3.63, 3.8) is 0 Å². The molecular formula is C21H21N5O3. The number of rotatable bonds is 8. The highest BCUT2D eigenvalue weighted by Gasteiger charge is 2.29. The van der Waals surface area contributed by atoms with Crippen molar-refractivity contribution in [1.29, 1.82) is 0 Å². The Morgan fingerprint density at radius 2 is 1.93 bits per heavy atom. The second-order valence-corrected chi connectivity index (χ2v) is 6.81. The van der Waals surface area contributed by atoms with Gasteiger partial charge in [-0.25, -0.2) is 0 Å². The zero-order valence-electron chi connectivity index (χ0n) is 15.7. The van der Waals surface area contributed by atoms with Gasteiger partial charge in [-0.15, -0.1) is 10.2 Å². The summed E-state index contributed by atoms with van der Waals surface area (Å²) < 4.78 is 7.36. The molecule has 1 heterocycles. The highest BCUT2D eigenvalue weighted by Crippen LogP contribution is 2.30. The van der Waals surface area contributed by atoms with Crippen LogP contribution in [0.5, 0.6) is 5.75 Å². The standard InChI is InChI=1S/C21H21N5O3/c27-20(22-12-19-25-23-14-26(19)17-6-2-1-3-7-17)13-29-18-8-4-5-16(11-18)24-21(28)15-9-10-15/h1-8,11,14-15H,9-10,12-13H2,(H,22,27)(H,24,28). The minimum atomic E-state index is -0.278. The van der Waals surface area contributed by atoms with Gasteiger partial charge < -0.3 is 15.4 Å². The first-order chi connectivity index (χ1) is 14.2. The van der Waals surface area contributed by atoms with Crippen LogP contribution in [0.1, 0.15) is 18.7 Å². The Kier molecular flexibility index (Phi) is 5.51. The maximum absolute atomic E-state index is 12.2. The summed E-state index contributed by atoms with van der Waals surface area (Å²) in [4.78, 5) is 24.0. The van der Waals surface area contributed by atoms with Crippen LogP contribution in [0.25, 0.3) is 5.69 Å². The topological polar surface area (TPSA) is 98.1 Å². The zero-order chi connectivity index (χ0) is 20.1. The molecule has 2 aromatic carbocycles. The lowest BCUT2D eigenvalue weighted by molar-refractivity contribution is -0.123. The smallest absolute Gasteiger partial charge is 0.258 e. The molecule has 1 aliphatic rings. The van der Waals surface area contributed by atoms with Gasteiger partial charge in [-0.05, 0) is 37.1 Å². The van der Waals surface area contributed by atoms with Crippen LogP contribution in [0.2, 0.25) is 0 Å². The third-order valence-electron chi connectivity index (χ3n) is 4.52. The lowest BCUT2D eigenvalue weighted by Gasteiger charge is -2.10. The number of hydrogen-bond acceptors (Lipinski definition) is 5. The van der Waals surface area contributed by atoms with E-state index < -0.39 is 0 Å². The number of para-hydroxylation sites is 1. The summed E-state index contributed by atoms with van der Waals surface area (Å²) in [6.45, 7) is 0.0913. The molecule has 148 valence electrons. The monoisotopic (exact) mass is 391 g/mol. The Morgan fingerprint density at radius 1 is 1.10 bits per heavy atom. The van der Waals surface area contributed by atoms with Crippen molar-refractivity contribution in [2.75, 3.05) is 11.9 Å². The number of amides is 2. The van der Waals surface area contributed by atoms with Crippen LogP contribution >= 0.6 is 0 Å². The van der Waals surface area contributed by atoms with E-state index in [1.165, 1.54) is 0 Å².